The number of hydrogen-bond acceptors (Lipinski definition) is 3. The first-order valence-corrected chi connectivity index (χ1v) is 7.09. The molecule has 1 heterocycles. The van der Waals surface area contributed by atoms with Crippen molar-refractivity contribution in [3.8, 4) is 0 Å². The highest BCUT2D eigenvalue weighted by Gasteiger charge is 2.12. The molecule has 1 saturated heterocycles. The summed E-state index contributed by atoms with van der Waals surface area (Å²) in [6.45, 7) is 6.79. The van der Waals surface area contributed by atoms with Gasteiger partial charge in [-0.05, 0) is 19.2 Å². The largest absolute Gasteiger partial charge is 0.314 e. The minimum atomic E-state index is -0.221. The Morgan fingerprint density at radius 3 is 2.79 bits per heavy atom. The Bertz CT molecular complexity index is 387. The van der Waals surface area contributed by atoms with E-state index in [0.717, 1.165) is 39.3 Å². The van der Waals surface area contributed by atoms with Crippen molar-refractivity contribution in [3.63, 3.8) is 0 Å². The third kappa shape index (κ3) is 4.42. The second-order valence-corrected chi connectivity index (χ2v) is 5.44. The Hall–Kier alpha value is -0.680. The molecule has 106 valence electrons. The van der Waals surface area contributed by atoms with E-state index in [1.807, 2.05) is 7.05 Å². The van der Waals surface area contributed by atoms with Crippen LogP contribution in [-0.2, 0) is 6.54 Å². The summed E-state index contributed by atoms with van der Waals surface area (Å²) in [5.41, 5.74) is 0.590. The van der Waals surface area contributed by atoms with Gasteiger partial charge in [0, 0.05) is 56.4 Å². The quantitative estimate of drug-likeness (QED) is 0.890. The highest BCUT2D eigenvalue weighted by atomic mass is 35.5. The van der Waals surface area contributed by atoms with Crippen molar-refractivity contribution >= 4 is 11.6 Å². The molecule has 0 amide bonds. The van der Waals surface area contributed by atoms with Crippen LogP contribution in [0, 0.1) is 5.82 Å². The highest BCUT2D eigenvalue weighted by Crippen LogP contribution is 2.20. The third-order valence-corrected chi connectivity index (χ3v) is 3.85. The minimum absolute atomic E-state index is 0.221. The fourth-order valence-corrected chi connectivity index (χ4v) is 2.50. The van der Waals surface area contributed by atoms with Crippen LogP contribution in [0.2, 0.25) is 5.02 Å². The van der Waals surface area contributed by atoms with Gasteiger partial charge in [0.15, 0.2) is 0 Å². The van der Waals surface area contributed by atoms with Crippen molar-refractivity contribution in [3.05, 3.63) is 34.6 Å². The van der Waals surface area contributed by atoms with Crippen LogP contribution in [0.3, 0.4) is 0 Å². The summed E-state index contributed by atoms with van der Waals surface area (Å²) in [5, 5.41) is 3.84. The van der Waals surface area contributed by atoms with Crippen LogP contribution in [0.1, 0.15) is 5.56 Å². The van der Waals surface area contributed by atoms with Crippen molar-refractivity contribution in [2.45, 2.75) is 6.54 Å². The maximum Gasteiger partial charge on any atom is 0.129 e. The van der Waals surface area contributed by atoms with Crippen LogP contribution < -0.4 is 5.32 Å². The smallest absolute Gasteiger partial charge is 0.129 e. The van der Waals surface area contributed by atoms with Gasteiger partial charge in [0.2, 0.25) is 0 Å². The van der Waals surface area contributed by atoms with Crippen LogP contribution in [0.25, 0.3) is 0 Å². The third-order valence-electron chi connectivity index (χ3n) is 3.50. The first kappa shape index (κ1) is 14.7. The van der Waals surface area contributed by atoms with E-state index in [2.05, 4.69) is 15.1 Å². The minimum Gasteiger partial charge on any atom is -0.314 e. The predicted molar refractivity (Wildman–Crippen MR) is 77.1 cm³/mol. The Labute approximate surface area is 119 Å². The molecule has 1 aromatic rings. The van der Waals surface area contributed by atoms with Gasteiger partial charge < -0.3 is 10.2 Å². The first-order valence-electron chi connectivity index (χ1n) is 6.71. The number of likely N-dealkylation sites (N-methyl/N-ethyl adjacent to an activating group) is 1. The molecule has 2 rings (SSSR count). The SMILES string of the molecule is CN(CCN1CCNCC1)Cc1c(F)cccc1Cl. The molecular weight excluding hydrogens is 265 g/mol. The molecule has 0 bridgehead atoms. The number of piperazine rings is 1. The van der Waals surface area contributed by atoms with Crippen molar-refractivity contribution in [1.82, 2.24) is 15.1 Å². The monoisotopic (exact) mass is 285 g/mol. The first-order chi connectivity index (χ1) is 9.16. The van der Waals surface area contributed by atoms with Gasteiger partial charge in [0.05, 0.1) is 0 Å². The molecule has 5 heteroatoms. The van der Waals surface area contributed by atoms with Gasteiger partial charge in [0.25, 0.3) is 0 Å². The zero-order chi connectivity index (χ0) is 13.7. The molecule has 0 saturated carbocycles. The Morgan fingerprint density at radius 2 is 2.11 bits per heavy atom. The summed E-state index contributed by atoms with van der Waals surface area (Å²) in [5.74, 6) is -0.221. The maximum atomic E-state index is 13.7. The van der Waals surface area contributed by atoms with E-state index in [-0.39, 0.29) is 5.82 Å². The standard InChI is InChI=1S/C14H21ClFN3/c1-18(9-10-19-7-5-17-6-8-19)11-12-13(15)3-2-4-14(12)16/h2-4,17H,5-11H2,1H3. The van der Waals surface area contributed by atoms with E-state index < -0.39 is 0 Å². The van der Waals surface area contributed by atoms with Crippen molar-refractivity contribution in [2.75, 3.05) is 46.3 Å². The van der Waals surface area contributed by atoms with Crippen molar-refractivity contribution in [2.24, 2.45) is 0 Å². The number of rotatable bonds is 5. The van der Waals surface area contributed by atoms with Gasteiger partial charge in [0.1, 0.15) is 5.82 Å². The van der Waals surface area contributed by atoms with E-state index in [1.165, 1.54) is 6.07 Å². The van der Waals surface area contributed by atoms with E-state index in [0.29, 0.717) is 17.1 Å². The van der Waals surface area contributed by atoms with Crippen molar-refractivity contribution < 1.29 is 4.39 Å². The van der Waals surface area contributed by atoms with E-state index in [9.17, 15) is 4.39 Å². The van der Waals surface area contributed by atoms with Gasteiger partial charge in [-0.25, -0.2) is 4.39 Å². The van der Waals surface area contributed by atoms with Gasteiger partial charge in [-0.1, -0.05) is 17.7 Å². The molecule has 0 aromatic heterocycles. The normalized spacial score (nSPS) is 17.1. The van der Waals surface area contributed by atoms with Gasteiger partial charge >= 0.3 is 0 Å². The second kappa shape index (κ2) is 7.20. The fraction of sp³-hybridized carbons (Fsp3) is 0.571. The van der Waals surface area contributed by atoms with E-state index >= 15 is 0 Å². The van der Waals surface area contributed by atoms with Gasteiger partial charge in [-0.15, -0.1) is 0 Å². The Morgan fingerprint density at radius 1 is 1.37 bits per heavy atom. The molecule has 0 unspecified atom stereocenters. The van der Waals surface area contributed by atoms with Crippen LogP contribution in [-0.4, -0.2) is 56.1 Å². The summed E-state index contributed by atoms with van der Waals surface area (Å²) in [6, 6.07) is 4.84. The summed E-state index contributed by atoms with van der Waals surface area (Å²) in [6.07, 6.45) is 0. The Kier molecular flexibility index (Phi) is 5.58. The zero-order valence-electron chi connectivity index (χ0n) is 11.3. The Balaban J connectivity index is 1.82. The summed E-state index contributed by atoms with van der Waals surface area (Å²) in [7, 11) is 2.00. The average Bonchev–Trinajstić information content (AvgIpc) is 2.42. The van der Waals surface area contributed by atoms with Crippen LogP contribution in [0.4, 0.5) is 4.39 Å². The molecule has 0 radical (unpaired) electrons. The molecular formula is C14H21ClFN3. The number of hydrogen-bond donors (Lipinski definition) is 1. The lowest BCUT2D eigenvalue weighted by Crippen LogP contribution is -2.45. The van der Waals surface area contributed by atoms with Crippen LogP contribution in [0.15, 0.2) is 18.2 Å². The molecule has 0 atom stereocenters. The molecule has 19 heavy (non-hydrogen) atoms. The number of nitrogens with one attached hydrogen (secondary N) is 1. The number of halogens is 2. The van der Waals surface area contributed by atoms with Gasteiger partial charge in [-0.3, -0.25) is 4.90 Å². The molecule has 0 spiro atoms. The lowest BCUT2D eigenvalue weighted by molar-refractivity contribution is 0.201. The average molecular weight is 286 g/mol. The molecule has 1 fully saturated rings. The van der Waals surface area contributed by atoms with Crippen LogP contribution >= 0.6 is 11.6 Å². The lowest BCUT2D eigenvalue weighted by atomic mass is 10.2. The zero-order valence-corrected chi connectivity index (χ0v) is 12.1. The van der Waals surface area contributed by atoms with Crippen molar-refractivity contribution in [1.29, 1.82) is 0 Å². The number of benzene rings is 1. The maximum absolute atomic E-state index is 13.7. The summed E-state index contributed by atoms with van der Waals surface area (Å²) < 4.78 is 13.7. The molecule has 1 N–H and O–H groups in total. The summed E-state index contributed by atoms with van der Waals surface area (Å²) in [4.78, 5) is 4.54. The molecule has 1 aromatic carbocycles. The van der Waals surface area contributed by atoms with E-state index in [1.54, 1.807) is 12.1 Å². The molecule has 0 aliphatic carbocycles. The summed E-state index contributed by atoms with van der Waals surface area (Å²) >= 11 is 6.04. The predicted octanol–water partition coefficient (Wildman–Crippen LogP) is 1.82. The van der Waals surface area contributed by atoms with Crippen LogP contribution in [0.5, 0.6) is 0 Å². The fourth-order valence-electron chi connectivity index (χ4n) is 2.28. The lowest BCUT2D eigenvalue weighted by Gasteiger charge is -2.29. The van der Waals surface area contributed by atoms with E-state index in [4.69, 9.17) is 11.6 Å². The second-order valence-electron chi connectivity index (χ2n) is 5.03. The van der Waals surface area contributed by atoms with Gasteiger partial charge in [-0.2, -0.15) is 0 Å². The highest BCUT2D eigenvalue weighted by molar-refractivity contribution is 6.31. The number of nitrogens with zero attached hydrogens (tertiary/aromatic N) is 2. The molecule has 1 aliphatic rings. The topological polar surface area (TPSA) is 18.5 Å². The molecule has 1 aliphatic heterocycles. The molecule has 3 nitrogen and oxygen atoms in total.